The van der Waals surface area contributed by atoms with Crippen LogP contribution in [0.4, 0.5) is 0 Å². The molecule has 1 aromatic carbocycles. The van der Waals surface area contributed by atoms with Gasteiger partial charge in [0.1, 0.15) is 5.75 Å². The molecule has 1 rings (SSSR count). The average molecular weight is 300 g/mol. The molecule has 0 radical (unpaired) electrons. The number of benzene rings is 1. The second-order valence-electron chi connectivity index (χ2n) is 4.62. The third-order valence-electron chi connectivity index (χ3n) is 2.83. The summed E-state index contributed by atoms with van der Waals surface area (Å²) in [6.07, 6.45) is 0.809. The highest BCUT2D eigenvalue weighted by Crippen LogP contribution is 2.28. The summed E-state index contributed by atoms with van der Waals surface area (Å²) >= 11 is 5.97. The molecule has 0 aliphatic carbocycles. The van der Waals surface area contributed by atoms with Gasteiger partial charge in [0.2, 0.25) is 0 Å². The fourth-order valence-electron chi connectivity index (χ4n) is 1.86. The van der Waals surface area contributed by atoms with Crippen LogP contribution in [0.15, 0.2) is 18.2 Å². The molecule has 2 N–H and O–H groups in total. The lowest BCUT2D eigenvalue weighted by atomic mass is 10.1. The van der Waals surface area contributed by atoms with Gasteiger partial charge in [0.25, 0.3) is 0 Å². The molecular weight excluding hydrogens is 278 g/mol. The van der Waals surface area contributed by atoms with Crippen LogP contribution in [0.25, 0.3) is 0 Å². The molecule has 0 bridgehead atoms. The SMILES string of the molecule is CCCC(Oc1ccc(Cl)cc1C(C)N)C(=O)OCC. The Morgan fingerprint density at radius 3 is 2.65 bits per heavy atom. The van der Waals surface area contributed by atoms with E-state index in [0.717, 1.165) is 12.0 Å². The van der Waals surface area contributed by atoms with E-state index in [2.05, 4.69) is 0 Å². The number of carbonyl (C=O) groups is 1. The van der Waals surface area contributed by atoms with Gasteiger partial charge >= 0.3 is 5.97 Å². The van der Waals surface area contributed by atoms with Crippen LogP contribution in [0.3, 0.4) is 0 Å². The molecule has 0 spiro atoms. The fraction of sp³-hybridized carbons (Fsp3) is 0.533. The summed E-state index contributed by atoms with van der Waals surface area (Å²) in [4.78, 5) is 11.9. The minimum absolute atomic E-state index is 0.229. The molecule has 0 fully saturated rings. The van der Waals surface area contributed by atoms with Crippen molar-refractivity contribution in [1.82, 2.24) is 0 Å². The minimum Gasteiger partial charge on any atom is -0.478 e. The Bertz CT molecular complexity index is 449. The number of ether oxygens (including phenoxy) is 2. The van der Waals surface area contributed by atoms with Gasteiger partial charge < -0.3 is 15.2 Å². The maximum atomic E-state index is 11.9. The highest BCUT2D eigenvalue weighted by Gasteiger charge is 2.22. The van der Waals surface area contributed by atoms with Gasteiger partial charge in [-0.25, -0.2) is 4.79 Å². The Morgan fingerprint density at radius 1 is 1.40 bits per heavy atom. The highest BCUT2D eigenvalue weighted by atomic mass is 35.5. The molecule has 0 heterocycles. The summed E-state index contributed by atoms with van der Waals surface area (Å²) in [5, 5.41) is 0.591. The molecule has 1 aromatic rings. The smallest absolute Gasteiger partial charge is 0.347 e. The van der Waals surface area contributed by atoms with Crippen molar-refractivity contribution in [3.8, 4) is 5.75 Å². The van der Waals surface area contributed by atoms with Gasteiger partial charge in [0.15, 0.2) is 6.10 Å². The molecule has 5 heteroatoms. The van der Waals surface area contributed by atoms with E-state index in [4.69, 9.17) is 26.8 Å². The first-order valence-electron chi connectivity index (χ1n) is 6.87. The van der Waals surface area contributed by atoms with Crippen molar-refractivity contribution < 1.29 is 14.3 Å². The Kier molecular flexibility index (Phi) is 6.82. The zero-order valence-electron chi connectivity index (χ0n) is 12.2. The van der Waals surface area contributed by atoms with Crippen LogP contribution < -0.4 is 10.5 Å². The van der Waals surface area contributed by atoms with Crippen LogP contribution in [0, 0.1) is 0 Å². The first-order valence-corrected chi connectivity index (χ1v) is 7.25. The van der Waals surface area contributed by atoms with Crippen molar-refractivity contribution in [3.63, 3.8) is 0 Å². The second-order valence-corrected chi connectivity index (χ2v) is 5.05. The Balaban J connectivity index is 2.95. The van der Waals surface area contributed by atoms with Gasteiger partial charge in [-0.05, 0) is 38.5 Å². The van der Waals surface area contributed by atoms with E-state index in [1.54, 1.807) is 25.1 Å². The van der Waals surface area contributed by atoms with Crippen molar-refractivity contribution in [1.29, 1.82) is 0 Å². The monoisotopic (exact) mass is 299 g/mol. The summed E-state index contributed by atoms with van der Waals surface area (Å²) in [7, 11) is 0. The van der Waals surface area contributed by atoms with Gasteiger partial charge in [0, 0.05) is 16.6 Å². The first-order chi connectivity index (χ1) is 9.49. The van der Waals surface area contributed by atoms with Crippen molar-refractivity contribution in [2.24, 2.45) is 5.73 Å². The lowest BCUT2D eigenvalue weighted by Crippen LogP contribution is -2.30. The Labute approximate surface area is 125 Å². The van der Waals surface area contributed by atoms with E-state index < -0.39 is 6.10 Å². The number of esters is 1. The summed E-state index contributed by atoms with van der Waals surface area (Å²) in [5.41, 5.74) is 6.69. The van der Waals surface area contributed by atoms with Crippen LogP contribution in [-0.2, 0) is 9.53 Å². The number of nitrogens with two attached hydrogens (primary N) is 1. The van der Waals surface area contributed by atoms with Gasteiger partial charge in [0.05, 0.1) is 6.61 Å². The number of hydrogen-bond acceptors (Lipinski definition) is 4. The van der Waals surface area contributed by atoms with E-state index in [-0.39, 0.29) is 12.0 Å². The average Bonchev–Trinajstić information content (AvgIpc) is 2.40. The van der Waals surface area contributed by atoms with E-state index in [1.807, 2.05) is 13.8 Å². The van der Waals surface area contributed by atoms with E-state index in [1.165, 1.54) is 0 Å². The van der Waals surface area contributed by atoms with Crippen LogP contribution in [0.2, 0.25) is 5.02 Å². The van der Waals surface area contributed by atoms with Crippen molar-refractivity contribution in [2.75, 3.05) is 6.61 Å². The van der Waals surface area contributed by atoms with Crippen molar-refractivity contribution in [2.45, 2.75) is 45.8 Å². The number of carbonyl (C=O) groups excluding carboxylic acids is 1. The normalized spacial score (nSPS) is 13.7. The molecule has 4 nitrogen and oxygen atoms in total. The van der Waals surface area contributed by atoms with E-state index >= 15 is 0 Å². The molecule has 20 heavy (non-hydrogen) atoms. The first kappa shape index (κ1) is 16.8. The van der Waals surface area contributed by atoms with Crippen molar-refractivity contribution in [3.05, 3.63) is 28.8 Å². The van der Waals surface area contributed by atoms with E-state index in [0.29, 0.717) is 23.8 Å². The fourth-order valence-corrected chi connectivity index (χ4v) is 2.04. The quantitative estimate of drug-likeness (QED) is 0.783. The zero-order chi connectivity index (χ0) is 15.1. The van der Waals surface area contributed by atoms with Crippen molar-refractivity contribution >= 4 is 17.6 Å². The zero-order valence-corrected chi connectivity index (χ0v) is 12.9. The standard InChI is InChI=1S/C15H22ClNO3/c1-4-6-14(15(18)19-5-2)20-13-8-7-11(16)9-12(13)10(3)17/h7-10,14H,4-6,17H2,1-3H3. The molecule has 0 saturated heterocycles. The topological polar surface area (TPSA) is 61.5 Å². The molecule has 112 valence electrons. The second kappa shape index (κ2) is 8.12. The van der Waals surface area contributed by atoms with Gasteiger partial charge in [-0.2, -0.15) is 0 Å². The summed E-state index contributed by atoms with van der Waals surface area (Å²) in [5.74, 6) is 0.232. The predicted molar refractivity (Wildman–Crippen MR) is 80.0 cm³/mol. The highest BCUT2D eigenvalue weighted by molar-refractivity contribution is 6.30. The largest absolute Gasteiger partial charge is 0.478 e. The molecule has 0 aromatic heterocycles. The van der Waals surface area contributed by atoms with Crippen LogP contribution in [-0.4, -0.2) is 18.7 Å². The summed E-state index contributed by atoms with van der Waals surface area (Å²) in [6.45, 7) is 5.95. The molecule has 2 atom stereocenters. The lowest BCUT2D eigenvalue weighted by molar-refractivity contribution is -0.151. The molecule has 0 saturated carbocycles. The maximum Gasteiger partial charge on any atom is 0.347 e. The minimum atomic E-state index is -0.612. The third kappa shape index (κ3) is 4.69. The van der Waals surface area contributed by atoms with Gasteiger partial charge in [-0.3, -0.25) is 0 Å². The molecule has 0 aliphatic rings. The van der Waals surface area contributed by atoms with E-state index in [9.17, 15) is 4.79 Å². The molecule has 0 aliphatic heterocycles. The molecule has 2 unspecified atom stereocenters. The maximum absolute atomic E-state index is 11.9. The van der Waals surface area contributed by atoms with Gasteiger partial charge in [-0.15, -0.1) is 0 Å². The predicted octanol–water partition coefficient (Wildman–Crippen LogP) is 3.47. The summed E-state index contributed by atoms with van der Waals surface area (Å²) < 4.78 is 10.8. The molecule has 0 amide bonds. The number of rotatable bonds is 7. The Morgan fingerprint density at radius 2 is 2.10 bits per heavy atom. The van der Waals surface area contributed by atoms with Crippen LogP contribution in [0.5, 0.6) is 5.75 Å². The number of hydrogen-bond donors (Lipinski definition) is 1. The van der Waals surface area contributed by atoms with Crippen LogP contribution >= 0.6 is 11.6 Å². The number of halogens is 1. The molecular formula is C15H22ClNO3. The lowest BCUT2D eigenvalue weighted by Gasteiger charge is -2.20. The summed E-state index contributed by atoms with van der Waals surface area (Å²) in [6, 6.07) is 4.99. The van der Waals surface area contributed by atoms with Crippen LogP contribution in [0.1, 0.15) is 45.2 Å². The Hall–Kier alpha value is -1.26. The third-order valence-corrected chi connectivity index (χ3v) is 3.07. The van der Waals surface area contributed by atoms with Gasteiger partial charge in [-0.1, -0.05) is 24.9 Å².